The van der Waals surface area contributed by atoms with Crippen LogP contribution >= 0.6 is 27.7 Å². The Morgan fingerprint density at radius 3 is 2.38 bits per heavy atom. The van der Waals surface area contributed by atoms with Crippen LogP contribution in [0.15, 0.2) is 45.8 Å². The van der Waals surface area contributed by atoms with E-state index in [4.69, 9.17) is 0 Å². The van der Waals surface area contributed by atoms with Gasteiger partial charge in [-0.25, -0.2) is 8.78 Å². The van der Waals surface area contributed by atoms with Crippen LogP contribution in [0.3, 0.4) is 0 Å². The van der Waals surface area contributed by atoms with E-state index in [2.05, 4.69) is 21.2 Å². The second-order valence-electron chi connectivity index (χ2n) is 4.52. The molecule has 0 aliphatic heterocycles. The number of thioether (sulfide) groups is 1. The normalized spacial score (nSPS) is 12.4. The van der Waals surface area contributed by atoms with Gasteiger partial charge in [0.15, 0.2) is 0 Å². The maximum atomic E-state index is 14.3. The van der Waals surface area contributed by atoms with Gasteiger partial charge in [0.2, 0.25) is 0 Å². The quantitative estimate of drug-likeness (QED) is 0.576. The van der Waals surface area contributed by atoms with Gasteiger partial charge < -0.3 is 5.32 Å². The largest absolute Gasteiger partial charge is 0.306 e. The molecule has 0 spiro atoms. The van der Waals surface area contributed by atoms with Crippen LogP contribution in [0.4, 0.5) is 8.78 Å². The smallest absolute Gasteiger partial charge is 0.145 e. The Labute approximate surface area is 136 Å². The number of halogens is 3. The lowest BCUT2D eigenvalue weighted by Gasteiger charge is -2.21. The molecule has 5 heteroatoms. The highest BCUT2D eigenvalue weighted by Crippen LogP contribution is 2.31. The summed E-state index contributed by atoms with van der Waals surface area (Å²) in [6.45, 7) is 2.53. The van der Waals surface area contributed by atoms with Crippen LogP contribution < -0.4 is 5.32 Å². The summed E-state index contributed by atoms with van der Waals surface area (Å²) in [4.78, 5) is 1.11. The maximum Gasteiger partial charge on any atom is 0.145 e. The van der Waals surface area contributed by atoms with Gasteiger partial charge >= 0.3 is 0 Å². The van der Waals surface area contributed by atoms with Crippen molar-refractivity contribution in [2.24, 2.45) is 0 Å². The number of nitrogens with one attached hydrogen (secondary N) is 1. The maximum absolute atomic E-state index is 14.3. The molecule has 0 aliphatic rings. The monoisotopic (exact) mass is 371 g/mol. The average molecular weight is 372 g/mol. The van der Waals surface area contributed by atoms with Crippen LogP contribution in [0, 0.1) is 11.6 Å². The third kappa shape index (κ3) is 3.65. The highest BCUT2D eigenvalue weighted by Gasteiger charge is 2.22. The molecule has 1 unspecified atom stereocenters. The van der Waals surface area contributed by atoms with E-state index < -0.39 is 17.7 Å². The van der Waals surface area contributed by atoms with E-state index in [1.165, 1.54) is 12.1 Å². The van der Waals surface area contributed by atoms with Crippen molar-refractivity contribution in [3.8, 4) is 0 Å². The van der Waals surface area contributed by atoms with Gasteiger partial charge in [-0.2, -0.15) is 0 Å². The number of hydrogen-bond donors (Lipinski definition) is 1. The van der Waals surface area contributed by atoms with Crippen LogP contribution in [0.1, 0.15) is 24.1 Å². The second kappa shape index (κ2) is 7.38. The lowest BCUT2D eigenvalue weighted by molar-refractivity contribution is 0.507. The number of rotatable bonds is 5. The van der Waals surface area contributed by atoms with Crippen molar-refractivity contribution in [3.05, 3.63) is 63.6 Å². The minimum atomic E-state index is -0.560. The van der Waals surface area contributed by atoms with Gasteiger partial charge in [0.1, 0.15) is 11.6 Å². The van der Waals surface area contributed by atoms with Gasteiger partial charge in [-0.05, 0) is 58.6 Å². The lowest BCUT2D eigenvalue weighted by atomic mass is 9.97. The molecule has 0 saturated heterocycles. The molecule has 21 heavy (non-hydrogen) atoms. The van der Waals surface area contributed by atoms with Gasteiger partial charge in [-0.15, -0.1) is 11.8 Å². The standard InChI is InChI=1S/C16H16BrF2NS/c1-3-20-16(10-4-6-11(21-2)7-5-10)14-13(18)9-8-12(17)15(14)19/h4-9,16,20H,3H2,1-2H3. The summed E-state index contributed by atoms with van der Waals surface area (Å²) in [5.74, 6) is -1.11. The van der Waals surface area contributed by atoms with Crippen molar-refractivity contribution in [1.82, 2.24) is 5.32 Å². The van der Waals surface area contributed by atoms with Crippen molar-refractivity contribution >= 4 is 27.7 Å². The van der Waals surface area contributed by atoms with Gasteiger partial charge in [0, 0.05) is 10.5 Å². The first-order chi connectivity index (χ1) is 10.1. The Bertz CT molecular complexity index is 616. The van der Waals surface area contributed by atoms with E-state index in [1.54, 1.807) is 11.8 Å². The summed E-state index contributed by atoms with van der Waals surface area (Å²) >= 11 is 4.75. The fourth-order valence-corrected chi connectivity index (χ4v) is 2.95. The van der Waals surface area contributed by atoms with Crippen molar-refractivity contribution in [1.29, 1.82) is 0 Å². The van der Waals surface area contributed by atoms with E-state index in [1.807, 2.05) is 37.4 Å². The molecule has 2 rings (SSSR count). The molecule has 0 aromatic heterocycles. The summed E-state index contributed by atoms with van der Waals surface area (Å²) in [6.07, 6.45) is 1.99. The first-order valence-electron chi connectivity index (χ1n) is 6.59. The molecule has 0 heterocycles. The SMILES string of the molecule is CCNC(c1ccc(SC)cc1)c1c(F)ccc(Br)c1F. The molecule has 0 amide bonds. The minimum absolute atomic E-state index is 0.0446. The van der Waals surface area contributed by atoms with Crippen LogP contribution in [0.5, 0.6) is 0 Å². The van der Waals surface area contributed by atoms with Gasteiger partial charge in [0.25, 0.3) is 0 Å². The Balaban J connectivity index is 2.50. The van der Waals surface area contributed by atoms with Crippen LogP contribution in [-0.4, -0.2) is 12.8 Å². The minimum Gasteiger partial charge on any atom is -0.306 e. The Hall–Kier alpha value is -0.910. The summed E-state index contributed by atoms with van der Waals surface area (Å²) in [7, 11) is 0. The van der Waals surface area contributed by atoms with E-state index in [0.29, 0.717) is 6.54 Å². The Morgan fingerprint density at radius 1 is 1.14 bits per heavy atom. The Kier molecular flexibility index (Phi) is 5.79. The predicted octanol–water partition coefficient (Wildman–Crippen LogP) is 5.15. The van der Waals surface area contributed by atoms with Crippen molar-refractivity contribution in [3.63, 3.8) is 0 Å². The second-order valence-corrected chi connectivity index (χ2v) is 6.25. The topological polar surface area (TPSA) is 12.0 Å². The van der Waals surface area contributed by atoms with Crippen LogP contribution in [0.2, 0.25) is 0 Å². The third-order valence-electron chi connectivity index (χ3n) is 3.23. The molecule has 112 valence electrons. The van der Waals surface area contributed by atoms with Gasteiger partial charge in [0.05, 0.1) is 10.5 Å². The lowest BCUT2D eigenvalue weighted by Crippen LogP contribution is -2.24. The molecule has 0 saturated carbocycles. The van der Waals surface area contributed by atoms with E-state index >= 15 is 0 Å². The van der Waals surface area contributed by atoms with E-state index in [-0.39, 0.29) is 10.0 Å². The van der Waals surface area contributed by atoms with E-state index in [0.717, 1.165) is 10.5 Å². The Morgan fingerprint density at radius 2 is 1.81 bits per heavy atom. The molecular formula is C16H16BrF2NS. The zero-order valence-corrected chi connectivity index (χ0v) is 14.2. The van der Waals surface area contributed by atoms with Gasteiger partial charge in [-0.3, -0.25) is 0 Å². The molecule has 2 aromatic carbocycles. The zero-order valence-electron chi connectivity index (χ0n) is 11.8. The number of benzene rings is 2. The molecule has 1 N–H and O–H groups in total. The van der Waals surface area contributed by atoms with Crippen LogP contribution in [-0.2, 0) is 0 Å². The van der Waals surface area contributed by atoms with Crippen molar-refractivity contribution in [2.45, 2.75) is 17.9 Å². The molecule has 0 radical (unpaired) electrons. The molecule has 0 fully saturated rings. The zero-order chi connectivity index (χ0) is 15.4. The molecule has 1 nitrogen and oxygen atoms in total. The molecular weight excluding hydrogens is 356 g/mol. The van der Waals surface area contributed by atoms with Crippen LogP contribution in [0.25, 0.3) is 0 Å². The van der Waals surface area contributed by atoms with Crippen molar-refractivity contribution < 1.29 is 8.78 Å². The third-order valence-corrected chi connectivity index (χ3v) is 4.58. The molecule has 0 bridgehead atoms. The molecule has 0 aliphatic carbocycles. The summed E-state index contributed by atoms with van der Waals surface area (Å²) in [5, 5.41) is 3.15. The first-order valence-corrected chi connectivity index (χ1v) is 8.61. The fraction of sp³-hybridized carbons (Fsp3) is 0.250. The highest BCUT2D eigenvalue weighted by molar-refractivity contribution is 9.10. The molecule has 2 aromatic rings. The predicted molar refractivity (Wildman–Crippen MR) is 87.8 cm³/mol. The average Bonchev–Trinajstić information content (AvgIpc) is 2.50. The molecule has 1 atom stereocenters. The number of hydrogen-bond acceptors (Lipinski definition) is 2. The highest BCUT2D eigenvalue weighted by atomic mass is 79.9. The van der Waals surface area contributed by atoms with E-state index in [9.17, 15) is 8.78 Å². The van der Waals surface area contributed by atoms with Gasteiger partial charge in [-0.1, -0.05) is 19.1 Å². The first kappa shape index (κ1) is 16.5. The summed E-state index contributed by atoms with van der Waals surface area (Å²) < 4.78 is 28.7. The van der Waals surface area contributed by atoms with Crippen molar-refractivity contribution in [2.75, 3.05) is 12.8 Å². The fourth-order valence-electron chi connectivity index (χ4n) is 2.19. The summed E-state index contributed by atoms with van der Waals surface area (Å²) in [5.41, 5.74) is 0.883. The summed E-state index contributed by atoms with van der Waals surface area (Å²) in [6, 6.07) is 9.87.